The molecule has 8 heteroatoms. The highest BCUT2D eigenvalue weighted by molar-refractivity contribution is 7.92. The average molecular weight is 380 g/mol. The number of rotatable bonds is 4. The Balaban J connectivity index is 1.66. The molecule has 25 heavy (non-hydrogen) atoms. The number of hydrogen-bond donors (Lipinski definition) is 0. The highest BCUT2D eigenvalue weighted by atomic mass is 32.2. The van der Waals surface area contributed by atoms with Crippen LogP contribution < -0.4 is 4.90 Å². The van der Waals surface area contributed by atoms with E-state index in [0.29, 0.717) is 18.7 Å². The third-order valence-electron chi connectivity index (χ3n) is 4.31. The third kappa shape index (κ3) is 3.69. The lowest BCUT2D eigenvalue weighted by molar-refractivity contribution is 0.0746. The monoisotopic (exact) mass is 379 g/mol. The molecule has 1 saturated heterocycles. The summed E-state index contributed by atoms with van der Waals surface area (Å²) in [6, 6.07) is 6.25. The van der Waals surface area contributed by atoms with E-state index in [0.717, 1.165) is 18.2 Å². The zero-order chi connectivity index (χ0) is 18.0. The highest BCUT2D eigenvalue weighted by Crippen LogP contribution is 2.21. The van der Waals surface area contributed by atoms with Gasteiger partial charge < -0.3 is 9.80 Å². The van der Waals surface area contributed by atoms with Crippen LogP contribution in [-0.2, 0) is 9.84 Å². The summed E-state index contributed by atoms with van der Waals surface area (Å²) in [5.41, 5.74) is 0.519. The largest absolute Gasteiger partial charge is 0.345 e. The molecule has 3 rings (SSSR count). The van der Waals surface area contributed by atoms with E-state index < -0.39 is 15.1 Å². The molecule has 134 valence electrons. The first-order valence-electron chi connectivity index (χ1n) is 8.17. The summed E-state index contributed by atoms with van der Waals surface area (Å²) < 4.78 is 24.3. The Hall–Kier alpha value is -1.93. The van der Waals surface area contributed by atoms with Gasteiger partial charge in [0.15, 0.2) is 15.0 Å². The lowest BCUT2D eigenvalue weighted by Crippen LogP contribution is -2.48. The number of hydrogen-bond acceptors (Lipinski definition) is 6. The summed E-state index contributed by atoms with van der Waals surface area (Å²) in [6.07, 6.45) is 1.78. The Morgan fingerprint density at radius 1 is 1.12 bits per heavy atom. The van der Waals surface area contributed by atoms with Crippen molar-refractivity contribution in [2.45, 2.75) is 24.0 Å². The van der Waals surface area contributed by atoms with Crippen molar-refractivity contribution >= 4 is 32.2 Å². The number of aromatic nitrogens is 1. The molecule has 0 saturated carbocycles. The summed E-state index contributed by atoms with van der Waals surface area (Å²) in [5.74, 6) is -0.0627. The van der Waals surface area contributed by atoms with Gasteiger partial charge in [-0.3, -0.25) is 4.79 Å². The Morgan fingerprint density at radius 3 is 2.28 bits per heavy atom. The number of anilines is 1. The standard InChI is InChI=1S/C17H21N3O3S2/c1-13(2)25(22,23)15-5-3-14(4-6-15)16(21)19-8-10-20(11-9-19)17-18-7-12-24-17/h3-7,12-13H,8-11H2,1-2H3. The van der Waals surface area contributed by atoms with Gasteiger partial charge in [-0.15, -0.1) is 11.3 Å². The summed E-state index contributed by atoms with van der Waals surface area (Å²) in [6.45, 7) is 6.06. The number of benzene rings is 1. The van der Waals surface area contributed by atoms with Crippen LogP contribution in [0.3, 0.4) is 0 Å². The van der Waals surface area contributed by atoms with Gasteiger partial charge in [-0.25, -0.2) is 13.4 Å². The normalized spacial score (nSPS) is 15.6. The lowest BCUT2D eigenvalue weighted by atomic mass is 10.2. The average Bonchev–Trinajstić information content (AvgIpc) is 3.16. The van der Waals surface area contributed by atoms with Gasteiger partial charge in [-0.2, -0.15) is 0 Å². The molecule has 1 aliphatic heterocycles. The molecule has 0 aliphatic carbocycles. The van der Waals surface area contributed by atoms with Gasteiger partial charge in [0.25, 0.3) is 5.91 Å². The number of sulfone groups is 1. The minimum atomic E-state index is -3.31. The van der Waals surface area contributed by atoms with Crippen LogP contribution in [0.15, 0.2) is 40.7 Å². The van der Waals surface area contributed by atoms with E-state index in [4.69, 9.17) is 0 Å². The van der Waals surface area contributed by atoms with Gasteiger partial charge in [0.2, 0.25) is 0 Å². The fourth-order valence-electron chi connectivity index (χ4n) is 2.71. The second-order valence-electron chi connectivity index (χ2n) is 6.21. The van der Waals surface area contributed by atoms with Crippen LogP contribution in [0.1, 0.15) is 24.2 Å². The van der Waals surface area contributed by atoms with Crippen LogP contribution in [-0.4, -0.2) is 55.6 Å². The van der Waals surface area contributed by atoms with Crippen molar-refractivity contribution in [3.8, 4) is 0 Å². The molecule has 0 N–H and O–H groups in total. The molecule has 6 nitrogen and oxygen atoms in total. The maximum atomic E-state index is 12.6. The predicted molar refractivity (Wildman–Crippen MR) is 99.0 cm³/mol. The number of nitrogens with zero attached hydrogens (tertiary/aromatic N) is 3. The van der Waals surface area contributed by atoms with Crippen molar-refractivity contribution in [1.29, 1.82) is 0 Å². The maximum absolute atomic E-state index is 12.6. The van der Waals surface area contributed by atoms with Crippen LogP contribution in [0.5, 0.6) is 0 Å². The predicted octanol–water partition coefficient (Wildman–Crippen LogP) is 2.29. The van der Waals surface area contributed by atoms with E-state index in [1.54, 1.807) is 48.4 Å². The molecule has 2 aromatic rings. The fraction of sp³-hybridized carbons (Fsp3) is 0.412. The Labute approximate surface area is 152 Å². The quantitative estimate of drug-likeness (QED) is 0.815. The number of piperazine rings is 1. The SMILES string of the molecule is CC(C)S(=O)(=O)c1ccc(C(=O)N2CCN(c3nccs3)CC2)cc1. The van der Waals surface area contributed by atoms with Crippen LogP contribution in [0.2, 0.25) is 0 Å². The van der Waals surface area contributed by atoms with Crippen LogP contribution in [0.25, 0.3) is 0 Å². The minimum absolute atomic E-state index is 0.0627. The van der Waals surface area contributed by atoms with Gasteiger partial charge in [0, 0.05) is 43.3 Å². The fourth-order valence-corrected chi connectivity index (χ4v) is 4.47. The second kappa shape index (κ2) is 7.13. The zero-order valence-corrected chi connectivity index (χ0v) is 15.9. The molecule has 0 spiro atoms. The summed E-state index contributed by atoms with van der Waals surface area (Å²) in [7, 11) is -3.31. The maximum Gasteiger partial charge on any atom is 0.253 e. The van der Waals surface area contributed by atoms with Crippen molar-refractivity contribution in [2.75, 3.05) is 31.1 Å². The van der Waals surface area contributed by atoms with Gasteiger partial charge in [-0.05, 0) is 38.1 Å². The smallest absolute Gasteiger partial charge is 0.253 e. The van der Waals surface area contributed by atoms with E-state index in [-0.39, 0.29) is 10.8 Å². The Kier molecular flexibility index (Phi) is 5.10. The first-order chi connectivity index (χ1) is 11.9. The Bertz CT molecular complexity index is 823. The van der Waals surface area contributed by atoms with Crippen LogP contribution in [0, 0.1) is 0 Å². The van der Waals surface area contributed by atoms with Crippen molar-refractivity contribution < 1.29 is 13.2 Å². The molecule has 1 amide bonds. The highest BCUT2D eigenvalue weighted by Gasteiger charge is 2.24. The van der Waals surface area contributed by atoms with E-state index in [2.05, 4.69) is 9.88 Å². The number of carbonyl (C=O) groups is 1. The second-order valence-corrected chi connectivity index (χ2v) is 9.59. The van der Waals surface area contributed by atoms with E-state index in [1.165, 1.54) is 12.1 Å². The molecule has 0 bridgehead atoms. The topological polar surface area (TPSA) is 70.6 Å². The van der Waals surface area contributed by atoms with Crippen molar-refractivity contribution in [2.24, 2.45) is 0 Å². The minimum Gasteiger partial charge on any atom is -0.345 e. The first kappa shape index (κ1) is 17.9. The van der Waals surface area contributed by atoms with Gasteiger partial charge in [0.1, 0.15) is 0 Å². The molecule has 2 heterocycles. The number of thiazole rings is 1. The van der Waals surface area contributed by atoms with Crippen molar-refractivity contribution in [3.63, 3.8) is 0 Å². The lowest BCUT2D eigenvalue weighted by Gasteiger charge is -2.34. The van der Waals surface area contributed by atoms with Gasteiger partial charge in [0.05, 0.1) is 10.1 Å². The Morgan fingerprint density at radius 2 is 1.76 bits per heavy atom. The van der Waals surface area contributed by atoms with Crippen molar-refractivity contribution in [3.05, 3.63) is 41.4 Å². The van der Waals surface area contributed by atoms with Gasteiger partial charge in [-0.1, -0.05) is 0 Å². The summed E-state index contributed by atoms with van der Waals surface area (Å²) >= 11 is 1.60. The molecular weight excluding hydrogens is 358 g/mol. The van der Waals surface area contributed by atoms with E-state index >= 15 is 0 Å². The summed E-state index contributed by atoms with van der Waals surface area (Å²) in [4.78, 5) is 21.2. The van der Waals surface area contributed by atoms with Crippen LogP contribution >= 0.6 is 11.3 Å². The van der Waals surface area contributed by atoms with Gasteiger partial charge >= 0.3 is 0 Å². The number of amides is 1. The molecular formula is C17H21N3O3S2. The molecule has 1 aromatic heterocycles. The first-order valence-corrected chi connectivity index (χ1v) is 10.6. The summed E-state index contributed by atoms with van der Waals surface area (Å²) in [5, 5.41) is 2.45. The molecule has 0 radical (unpaired) electrons. The molecule has 1 aliphatic rings. The van der Waals surface area contributed by atoms with E-state index in [1.807, 2.05) is 5.38 Å². The molecule has 1 fully saturated rings. The molecule has 0 atom stereocenters. The third-order valence-corrected chi connectivity index (χ3v) is 7.31. The van der Waals surface area contributed by atoms with Crippen LogP contribution in [0.4, 0.5) is 5.13 Å². The molecule has 0 unspecified atom stereocenters. The number of carbonyl (C=O) groups excluding carboxylic acids is 1. The van der Waals surface area contributed by atoms with Crippen molar-refractivity contribution in [1.82, 2.24) is 9.88 Å². The zero-order valence-electron chi connectivity index (χ0n) is 14.3. The molecule has 1 aromatic carbocycles. The van der Waals surface area contributed by atoms with E-state index in [9.17, 15) is 13.2 Å².